The molecule has 0 aliphatic heterocycles. The van der Waals surface area contributed by atoms with Gasteiger partial charge < -0.3 is 10.2 Å². The molecular weight excluding hydrogens is 230 g/mol. The number of para-hydroxylation sites is 1. The molecule has 0 bridgehead atoms. The topological polar surface area (TPSA) is 52.3 Å². The lowest BCUT2D eigenvalue weighted by Crippen LogP contribution is -2.39. The molecule has 17 heavy (non-hydrogen) atoms. The first-order valence-corrected chi connectivity index (χ1v) is 8.69. The van der Waals surface area contributed by atoms with E-state index < -0.39 is 14.2 Å². The van der Waals surface area contributed by atoms with Gasteiger partial charge in [-0.25, -0.2) is 0 Å². The second kappa shape index (κ2) is 5.86. The van der Waals surface area contributed by atoms with E-state index in [-0.39, 0.29) is 0 Å². The van der Waals surface area contributed by atoms with Gasteiger partial charge in [-0.1, -0.05) is 32.9 Å². The van der Waals surface area contributed by atoms with E-state index in [1.54, 1.807) is 12.1 Å². The fourth-order valence-corrected chi connectivity index (χ4v) is 4.54. The average molecular weight is 251 g/mol. The van der Waals surface area contributed by atoms with Gasteiger partial charge in [0.05, 0.1) is 5.56 Å². The number of carbonyl (C=O) groups is 1. The fraction of sp³-hybridized carbons (Fsp3) is 0.462. The van der Waals surface area contributed by atoms with Gasteiger partial charge >= 0.3 is 0 Å². The molecule has 4 heteroatoms. The van der Waals surface area contributed by atoms with Crippen molar-refractivity contribution in [2.45, 2.75) is 38.9 Å². The molecule has 1 aromatic carbocycles. The highest BCUT2D eigenvalue weighted by Crippen LogP contribution is 2.27. The maximum Gasteiger partial charge on any atom is 0.252 e. The molecule has 1 amide bonds. The maximum absolute atomic E-state index is 11.3. The van der Waals surface area contributed by atoms with Crippen LogP contribution in [0.4, 0.5) is 0 Å². The van der Waals surface area contributed by atoms with Crippen molar-refractivity contribution in [2.24, 2.45) is 5.73 Å². The van der Waals surface area contributed by atoms with E-state index in [1.807, 2.05) is 12.1 Å². The summed E-state index contributed by atoms with van der Waals surface area (Å²) in [5.74, 6) is 0.226. The van der Waals surface area contributed by atoms with Crippen LogP contribution in [-0.2, 0) is 0 Å². The van der Waals surface area contributed by atoms with Crippen molar-refractivity contribution in [2.75, 3.05) is 0 Å². The zero-order valence-corrected chi connectivity index (χ0v) is 11.8. The minimum Gasteiger partial charge on any atom is -0.543 e. The Morgan fingerprint density at radius 1 is 1.18 bits per heavy atom. The zero-order chi connectivity index (χ0) is 12.9. The van der Waals surface area contributed by atoms with E-state index in [0.29, 0.717) is 11.3 Å². The SMILES string of the molecule is CC[Si](CC)(CC)Oc1ccccc1C(N)=O. The number of hydrogen-bond acceptors (Lipinski definition) is 2. The van der Waals surface area contributed by atoms with Crippen molar-refractivity contribution in [3.8, 4) is 5.75 Å². The van der Waals surface area contributed by atoms with Gasteiger partial charge in [0.1, 0.15) is 5.75 Å². The molecule has 0 aliphatic carbocycles. The predicted octanol–water partition coefficient (Wildman–Crippen LogP) is 3.17. The average Bonchev–Trinajstić information content (AvgIpc) is 2.36. The number of carbonyl (C=O) groups excluding carboxylic acids is 1. The molecule has 0 atom stereocenters. The standard InChI is InChI=1S/C13H21NO2Si/c1-4-17(5-2,6-3)16-12-10-8-7-9-11(12)13(14)15/h7-10H,4-6H2,1-3H3,(H2,14,15). The molecule has 3 nitrogen and oxygen atoms in total. The molecule has 0 fully saturated rings. The summed E-state index contributed by atoms with van der Waals surface area (Å²) in [6, 6.07) is 10.4. The summed E-state index contributed by atoms with van der Waals surface area (Å²) in [5, 5.41) is 0. The van der Waals surface area contributed by atoms with Crippen LogP contribution < -0.4 is 10.2 Å². The third-order valence-electron chi connectivity index (χ3n) is 3.41. The van der Waals surface area contributed by atoms with Gasteiger partial charge in [-0.3, -0.25) is 4.79 Å². The molecule has 0 aromatic heterocycles. The van der Waals surface area contributed by atoms with E-state index in [4.69, 9.17) is 10.2 Å². The zero-order valence-electron chi connectivity index (χ0n) is 10.8. The summed E-state index contributed by atoms with van der Waals surface area (Å²) in [5.41, 5.74) is 5.84. The van der Waals surface area contributed by atoms with Crippen molar-refractivity contribution in [1.29, 1.82) is 0 Å². The van der Waals surface area contributed by atoms with Crippen LogP contribution in [0.1, 0.15) is 31.1 Å². The highest BCUT2D eigenvalue weighted by molar-refractivity contribution is 6.74. The van der Waals surface area contributed by atoms with Crippen molar-refractivity contribution >= 4 is 14.2 Å². The molecule has 0 radical (unpaired) electrons. The smallest absolute Gasteiger partial charge is 0.252 e. The Kier molecular flexibility index (Phi) is 4.75. The van der Waals surface area contributed by atoms with E-state index in [9.17, 15) is 4.79 Å². The second-order valence-electron chi connectivity index (χ2n) is 4.21. The lowest BCUT2D eigenvalue weighted by molar-refractivity contribution is 0.0998. The predicted molar refractivity (Wildman–Crippen MR) is 72.8 cm³/mol. The van der Waals surface area contributed by atoms with Crippen LogP contribution in [0.5, 0.6) is 5.75 Å². The van der Waals surface area contributed by atoms with Crippen LogP contribution in [-0.4, -0.2) is 14.2 Å². The minimum absolute atomic E-state index is 0.424. The van der Waals surface area contributed by atoms with E-state index in [1.165, 1.54) is 0 Å². The Morgan fingerprint density at radius 2 is 1.71 bits per heavy atom. The van der Waals surface area contributed by atoms with Crippen LogP contribution in [0.3, 0.4) is 0 Å². The maximum atomic E-state index is 11.3. The lowest BCUT2D eigenvalue weighted by Gasteiger charge is -2.29. The summed E-state index contributed by atoms with van der Waals surface area (Å²) >= 11 is 0. The first-order chi connectivity index (χ1) is 8.08. The van der Waals surface area contributed by atoms with Gasteiger partial charge in [-0.2, -0.15) is 0 Å². The first-order valence-electron chi connectivity index (χ1n) is 6.16. The van der Waals surface area contributed by atoms with Crippen LogP contribution >= 0.6 is 0 Å². The number of amides is 1. The number of rotatable bonds is 6. The number of nitrogens with two attached hydrogens (primary N) is 1. The first kappa shape index (κ1) is 13.8. The lowest BCUT2D eigenvalue weighted by atomic mass is 10.2. The summed E-state index contributed by atoms with van der Waals surface area (Å²) in [7, 11) is -1.74. The van der Waals surface area contributed by atoms with Gasteiger partial charge in [0.25, 0.3) is 14.2 Å². The number of primary amides is 1. The molecule has 0 saturated heterocycles. The van der Waals surface area contributed by atoms with Crippen molar-refractivity contribution in [3.63, 3.8) is 0 Å². The molecular formula is C13H21NO2Si. The van der Waals surface area contributed by atoms with Gasteiger partial charge in [-0.05, 0) is 30.3 Å². The quantitative estimate of drug-likeness (QED) is 0.789. The summed E-state index contributed by atoms with van der Waals surface area (Å²) in [6.07, 6.45) is 0. The monoisotopic (exact) mass is 251 g/mol. The summed E-state index contributed by atoms with van der Waals surface area (Å²) < 4.78 is 6.18. The third-order valence-corrected chi connectivity index (χ3v) is 7.93. The van der Waals surface area contributed by atoms with E-state index in [0.717, 1.165) is 18.1 Å². The molecule has 1 aromatic rings. The molecule has 2 N–H and O–H groups in total. The van der Waals surface area contributed by atoms with Gasteiger partial charge in [-0.15, -0.1) is 0 Å². The highest BCUT2D eigenvalue weighted by Gasteiger charge is 2.31. The Bertz CT molecular complexity index is 380. The van der Waals surface area contributed by atoms with Crippen molar-refractivity contribution < 1.29 is 9.22 Å². The third kappa shape index (κ3) is 3.09. The fourth-order valence-electron chi connectivity index (χ4n) is 1.96. The largest absolute Gasteiger partial charge is 0.543 e. The Morgan fingerprint density at radius 3 is 2.18 bits per heavy atom. The Hall–Kier alpha value is -1.29. The normalized spacial score (nSPS) is 11.2. The molecule has 0 aliphatic rings. The summed E-state index contributed by atoms with van der Waals surface area (Å²) in [6.45, 7) is 6.48. The minimum atomic E-state index is -1.74. The molecule has 0 unspecified atom stereocenters. The molecule has 0 spiro atoms. The molecule has 0 saturated carbocycles. The van der Waals surface area contributed by atoms with E-state index in [2.05, 4.69) is 20.8 Å². The molecule has 0 heterocycles. The molecule has 1 rings (SSSR count). The second-order valence-corrected chi connectivity index (χ2v) is 8.90. The number of hydrogen-bond donors (Lipinski definition) is 1. The van der Waals surface area contributed by atoms with Gasteiger partial charge in [0, 0.05) is 0 Å². The van der Waals surface area contributed by atoms with Crippen molar-refractivity contribution in [3.05, 3.63) is 29.8 Å². The Labute approximate surface area is 104 Å². The van der Waals surface area contributed by atoms with Crippen LogP contribution in [0.15, 0.2) is 24.3 Å². The van der Waals surface area contributed by atoms with Crippen molar-refractivity contribution in [1.82, 2.24) is 0 Å². The van der Waals surface area contributed by atoms with E-state index >= 15 is 0 Å². The molecule has 94 valence electrons. The van der Waals surface area contributed by atoms with Crippen LogP contribution in [0, 0.1) is 0 Å². The highest BCUT2D eigenvalue weighted by atomic mass is 28.4. The number of benzene rings is 1. The Balaban J connectivity index is 3.05. The van der Waals surface area contributed by atoms with Gasteiger partial charge in [0.2, 0.25) is 0 Å². The summed E-state index contributed by atoms with van der Waals surface area (Å²) in [4.78, 5) is 11.3. The van der Waals surface area contributed by atoms with Crippen LogP contribution in [0.25, 0.3) is 0 Å². The van der Waals surface area contributed by atoms with Crippen LogP contribution in [0.2, 0.25) is 18.1 Å². The van der Waals surface area contributed by atoms with Gasteiger partial charge in [0.15, 0.2) is 0 Å².